The molecular weight excluding hydrogens is 308 g/mol. The van der Waals surface area contributed by atoms with E-state index in [-0.39, 0.29) is 23.5 Å². The summed E-state index contributed by atoms with van der Waals surface area (Å²) in [6.45, 7) is 3.36. The summed E-state index contributed by atoms with van der Waals surface area (Å²) < 4.78 is 27.8. The minimum atomic E-state index is -3.06. The third-order valence-electron chi connectivity index (χ3n) is 4.12. The molecule has 0 saturated carbocycles. The van der Waals surface area contributed by atoms with Crippen LogP contribution in [0.5, 0.6) is 0 Å². The number of rotatable bonds is 3. The Balaban J connectivity index is 2.29. The Morgan fingerprint density at radius 1 is 1.32 bits per heavy atom. The highest BCUT2D eigenvalue weighted by molar-refractivity contribution is 7.91. The molecule has 0 spiro atoms. The molecule has 22 heavy (non-hydrogen) atoms. The molecule has 1 atom stereocenters. The number of amides is 1. The Morgan fingerprint density at radius 3 is 2.45 bits per heavy atom. The quantitative estimate of drug-likeness (QED) is 0.823. The third kappa shape index (κ3) is 2.87. The number of aromatic nitrogens is 1. The summed E-state index contributed by atoms with van der Waals surface area (Å²) in [6, 6.07) is -0.331. The highest BCUT2D eigenvalue weighted by Gasteiger charge is 2.34. The molecule has 1 aromatic rings. The summed E-state index contributed by atoms with van der Waals surface area (Å²) in [6.07, 6.45) is 0.438. The van der Waals surface area contributed by atoms with Gasteiger partial charge in [0.05, 0.1) is 24.2 Å². The number of carbonyl (C=O) groups excluding carboxylic acids is 2. The number of hydrogen-bond donors (Lipinski definition) is 1. The number of aryl methyl sites for hydroxylation is 1. The molecule has 0 aromatic carbocycles. The van der Waals surface area contributed by atoms with Crippen molar-refractivity contribution in [3.63, 3.8) is 0 Å². The Morgan fingerprint density at radius 2 is 1.95 bits per heavy atom. The van der Waals surface area contributed by atoms with Crippen LogP contribution in [0.1, 0.15) is 38.5 Å². The highest BCUT2D eigenvalue weighted by Crippen LogP contribution is 2.23. The van der Waals surface area contributed by atoms with Crippen LogP contribution < -0.4 is 0 Å². The van der Waals surface area contributed by atoms with Gasteiger partial charge in [-0.05, 0) is 25.8 Å². The molecule has 1 aliphatic heterocycles. The van der Waals surface area contributed by atoms with Crippen molar-refractivity contribution in [2.75, 3.05) is 25.7 Å². The van der Waals surface area contributed by atoms with Gasteiger partial charge in [0.1, 0.15) is 5.69 Å². The molecular formula is C14H20N2O5S. The van der Waals surface area contributed by atoms with E-state index in [1.165, 1.54) is 12.0 Å². The molecule has 1 fully saturated rings. The molecule has 0 unspecified atom stereocenters. The van der Waals surface area contributed by atoms with Crippen molar-refractivity contribution in [3.8, 4) is 0 Å². The summed E-state index contributed by atoms with van der Waals surface area (Å²) in [5.41, 5.74) is 1.71. The fraction of sp³-hybridized carbons (Fsp3) is 0.571. The SMILES string of the molecule is COC(=O)c1c(C)[nH]c(C(=O)N(C)[C@H]2CCS(=O)(=O)C2)c1C. The maximum absolute atomic E-state index is 12.6. The lowest BCUT2D eigenvalue weighted by molar-refractivity contribution is 0.0599. The minimum Gasteiger partial charge on any atom is -0.465 e. The first-order valence-electron chi connectivity index (χ1n) is 6.93. The first-order chi connectivity index (χ1) is 10.2. The third-order valence-corrected chi connectivity index (χ3v) is 5.87. The number of nitrogens with one attached hydrogen (secondary N) is 1. The van der Waals surface area contributed by atoms with E-state index in [4.69, 9.17) is 4.74 Å². The number of esters is 1. The average molecular weight is 328 g/mol. The van der Waals surface area contributed by atoms with Gasteiger partial charge in [0.25, 0.3) is 5.91 Å². The van der Waals surface area contributed by atoms with Gasteiger partial charge in [0, 0.05) is 18.8 Å². The van der Waals surface area contributed by atoms with E-state index in [0.717, 1.165) is 0 Å². The molecule has 1 aromatic heterocycles. The lowest BCUT2D eigenvalue weighted by Gasteiger charge is -2.23. The van der Waals surface area contributed by atoms with Crippen molar-refractivity contribution in [1.29, 1.82) is 0 Å². The van der Waals surface area contributed by atoms with Crippen LogP contribution in [-0.4, -0.2) is 61.9 Å². The van der Waals surface area contributed by atoms with Crippen LogP contribution in [0.15, 0.2) is 0 Å². The molecule has 0 bridgehead atoms. The van der Waals surface area contributed by atoms with Crippen LogP contribution in [-0.2, 0) is 14.6 Å². The number of hydrogen-bond acceptors (Lipinski definition) is 5. The van der Waals surface area contributed by atoms with Gasteiger partial charge in [-0.3, -0.25) is 4.79 Å². The van der Waals surface area contributed by atoms with Crippen LogP contribution in [0.3, 0.4) is 0 Å². The Kier molecular flexibility index (Phi) is 4.32. The highest BCUT2D eigenvalue weighted by atomic mass is 32.2. The van der Waals surface area contributed by atoms with E-state index in [1.807, 2.05) is 0 Å². The first kappa shape index (κ1) is 16.5. The summed E-state index contributed by atoms with van der Waals surface area (Å²) >= 11 is 0. The molecule has 2 heterocycles. The molecule has 1 saturated heterocycles. The Bertz CT molecular complexity index is 720. The van der Waals surface area contributed by atoms with Crippen molar-refractivity contribution in [3.05, 3.63) is 22.5 Å². The number of methoxy groups -OCH3 is 1. The second kappa shape index (κ2) is 5.75. The molecule has 122 valence electrons. The van der Waals surface area contributed by atoms with Gasteiger partial charge in [0.15, 0.2) is 9.84 Å². The van der Waals surface area contributed by atoms with Crippen molar-refractivity contribution >= 4 is 21.7 Å². The van der Waals surface area contributed by atoms with Crippen LogP contribution in [0.25, 0.3) is 0 Å². The van der Waals surface area contributed by atoms with Crippen molar-refractivity contribution < 1.29 is 22.7 Å². The maximum atomic E-state index is 12.6. The smallest absolute Gasteiger partial charge is 0.339 e. The number of sulfone groups is 1. The lowest BCUT2D eigenvalue weighted by atomic mass is 10.1. The number of ether oxygens (including phenoxy) is 1. The number of nitrogens with zero attached hydrogens (tertiary/aromatic N) is 1. The molecule has 2 rings (SSSR count). The second-order valence-corrected chi connectivity index (χ2v) is 7.82. The fourth-order valence-electron chi connectivity index (χ4n) is 2.80. The topological polar surface area (TPSA) is 96.5 Å². The van der Waals surface area contributed by atoms with Gasteiger partial charge in [-0.25, -0.2) is 13.2 Å². The number of H-pyrrole nitrogens is 1. The van der Waals surface area contributed by atoms with Gasteiger partial charge in [0.2, 0.25) is 0 Å². The zero-order chi connectivity index (χ0) is 16.7. The molecule has 7 nitrogen and oxygen atoms in total. The first-order valence-corrected chi connectivity index (χ1v) is 8.75. The standard InChI is InChI=1S/C14H20N2O5S/c1-8-11(14(18)21-4)9(2)15-12(8)13(17)16(3)10-5-6-22(19,20)7-10/h10,15H,5-7H2,1-4H3/t10-/m0/s1. The average Bonchev–Trinajstić information content (AvgIpc) is 2.96. The van der Waals surface area contributed by atoms with Crippen molar-refractivity contribution in [2.24, 2.45) is 0 Å². The van der Waals surface area contributed by atoms with E-state index in [2.05, 4.69) is 4.98 Å². The summed E-state index contributed by atoms with van der Waals surface area (Å²) in [7, 11) is -0.197. The van der Waals surface area contributed by atoms with Crippen LogP contribution in [0, 0.1) is 13.8 Å². The van der Waals surface area contributed by atoms with E-state index in [1.54, 1.807) is 20.9 Å². The molecule has 8 heteroatoms. The van der Waals surface area contributed by atoms with Crippen LogP contribution >= 0.6 is 0 Å². The predicted octanol–water partition coefficient (Wildman–Crippen LogP) is 0.677. The van der Waals surface area contributed by atoms with Crippen molar-refractivity contribution in [1.82, 2.24) is 9.88 Å². The van der Waals surface area contributed by atoms with Crippen LogP contribution in [0.2, 0.25) is 0 Å². The predicted molar refractivity (Wildman–Crippen MR) is 80.8 cm³/mol. The van der Waals surface area contributed by atoms with E-state index >= 15 is 0 Å². The molecule has 0 radical (unpaired) electrons. The molecule has 1 N–H and O–H groups in total. The Labute approximate surface area is 129 Å². The Hall–Kier alpha value is -1.83. The van der Waals surface area contributed by atoms with Crippen LogP contribution in [0.4, 0.5) is 0 Å². The molecule has 1 amide bonds. The van der Waals surface area contributed by atoms with Crippen molar-refractivity contribution in [2.45, 2.75) is 26.3 Å². The van der Waals surface area contributed by atoms with E-state index in [0.29, 0.717) is 28.9 Å². The monoisotopic (exact) mass is 328 g/mol. The van der Waals surface area contributed by atoms with E-state index < -0.39 is 15.8 Å². The zero-order valence-electron chi connectivity index (χ0n) is 13.1. The van der Waals surface area contributed by atoms with Gasteiger partial charge in [-0.15, -0.1) is 0 Å². The summed E-state index contributed by atoms with van der Waals surface area (Å²) in [5.74, 6) is -0.738. The minimum absolute atomic E-state index is 0.0160. The van der Waals surface area contributed by atoms with Gasteiger partial charge in [-0.2, -0.15) is 0 Å². The van der Waals surface area contributed by atoms with Gasteiger partial charge < -0.3 is 14.6 Å². The second-order valence-electron chi connectivity index (χ2n) is 5.59. The zero-order valence-corrected chi connectivity index (χ0v) is 13.9. The lowest BCUT2D eigenvalue weighted by Crippen LogP contribution is -2.38. The largest absolute Gasteiger partial charge is 0.465 e. The molecule has 1 aliphatic rings. The van der Waals surface area contributed by atoms with Gasteiger partial charge >= 0.3 is 5.97 Å². The maximum Gasteiger partial charge on any atom is 0.339 e. The normalized spacial score (nSPS) is 19.9. The number of aromatic amines is 1. The number of carbonyl (C=O) groups is 2. The fourth-order valence-corrected chi connectivity index (χ4v) is 4.57. The van der Waals surface area contributed by atoms with Gasteiger partial charge in [-0.1, -0.05) is 0 Å². The summed E-state index contributed by atoms with van der Waals surface area (Å²) in [5, 5.41) is 0. The van der Waals surface area contributed by atoms with E-state index in [9.17, 15) is 18.0 Å². The summed E-state index contributed by atoms with van der Waals surface area (Å²) in [4.78, 5) is 28.7. The molecule has 0 aliphatic carbocycles.